The zero-order valence-corrected chi connectivity index (χ0v) is 17.6. The van der Waals surface area contributed by atoms with Gasteiger partial charge in [-0.1, -0.05) is 19.9 Å². The average Bonchev–Trinajstić information content (AvgIpc) is 3.20. The second kappa shape index (κ2) is 10.3. The van der Waals surface area contributed by atoms with Gasteiger partial charge in [-0.15, -0.1) is 0 Å². The number of carbonyl (C=O) groups is 1. The Bertz CT molecular complexity index is 716. The first-order chi connectivity index (χ1) is 13.0. The molecule has 1 heterocycles. The van der Waals surface area contributed by atoms with Gasteiger partial charge >= 0.3 is 0 Å². The first-order valence-electron chi connectivity index (χ1n) is 9.15. The molecule has 6 heteroatoms. The van der Waals surface area contributed by atoms with E-state index >= 15 is 0 Å². The van der Waals surface area contributed by atoms with Crippen molar-refractivity contribution in [1.82, 2.24) is 9.88 Å². The van der Waals surface area contributed by atoms with Crippen molar-refractivity contribution < 1.29 is 14.3 Å². The third-order valence-electron chi connectivity index (χ3n) is 4.62. The van der Waals surface area contributed by atoms with Gasteiger partial charge < -0.3 is 19.4 Å². The lowest BCUT2D eigenvalue weighted by atomic mass is 9.95. The fraction of sp³-hybridized carbons (Fsp3) is 0.476. The van der Waals surface area contributed by atoms with Crippen molar-refractivity contribution in [2.24, 2.45) is 5.92 Å². The molecule has 1 aromatic heterocycles. The average molecular weight is 391 g/mol. The SMILES string of the molecule is COc1ccc([C@@H](NC(=O)[C@@H](CCSC)n2cccc2)C(C)C)cc1OC. The highest BCUT2D eigenvalue weighted by Gasteiger charge is 2.25. The molecule has 0 spiro atoms. The second-order valence-electron chi connectivity index (χ2n) is 6.77. The van der Waals surface area contributed by atoms with Gasteiger partial charge in [-0.25, -0.2) is 0 Å². The molecule has 0 aliphatic heterocycles. The summed E-state index contributed by atoms with van der Waals surface area (Å²) in [6.07, 6.45) is 6.75. The van der Waals surface area contributed by atoms with Crippen molar-refractivity contribution >= 4 is 17.7 Å². The minimum Gasteiger partial charge on any atom is -0.493 e. The predicted molar refractivity (Wildman–Crippen MR) is 112 cm³/mol. The molecule has 1 aromatic carbocycles. The Kier molecular flexibility index (Phi) is 8.10. The van der Waals surface area contributed by atoms with Gasteiger partial charge in [0.15, 0.2) is 11.5 Å². The van der Waals surface area contributed by atoms with Crippen LogP contribution in [0.25, 0.3) is 0 Å². The molecule has 0 saturated heterocycles. The normalized spacial score (nSPS) is 13.3. The fourth-order valence-corrected chi connectivity index (χ4v) is 3.59. The van der Waals surface area contributed by atoms with Crippen LogP contribution in [0, 0.1) is 5.92 Å². The third-order valence-corrected chi connectivity index (χ3v) is 5.26. The number of nitrogens with zero attached hydrogens (tertiary/aromatic N) is 1. The summed E-state index contributed by atoms with van der Waals surface area (Å²) in [4.78, 5) is 13.1. The third kappa shape index (κ3) is 5.45. The number of carbonyl (C=O) groups excluding carboxylic acids is 1. The van der Waals surface area contributed by atoms with Crippen LogP contribution < -0.4 is 14.8 Å². The molecule has 2 atom stereocenters. The summed E-state index contributed by atoms with van der Waals surface area (Å²) in [6.45, 7) is 4.21. The maximum atomic E-state index is 13.1. The van der Waals surface area contributed by atoms with Gasteiger partial charge in [-0.3, -0.25) is 4.79 Å². The Labute approximate surface area is 166 Å². The molecule has 0 aliphatic carbocycles. The molecule has 0 aliphatic rings. The minimum absolute atomic E-state index is 0.0359. The zero-order chi connectivity index (χ0) is 19.8. The summed E-state index contributed by atoms with van der Waals surface area (Å²) < 4.78 is 12.7. The molecule has 5 nitrogen and oxygen atoms in total. The molecular weight excluding hydrogens is 360 g/mol. The van der Waals surface area contributed by atoms with Crippen molar-refractivity contribution in [2.75, 3.05) is 26.2 Å². The monoisotopic (exact) mass is 390 g/mol. The number of nitrogens with one attached hydrogen (secondary N) is 1. The van der Waals surface area contributed by atoms with Gasteiger partial charge in [0.25, 0.3) is 0 Å². The largest absolute Gasteiger partial charge is 0.493 e. The Morgan fingerprint density at radius 3 is 2.37 bits per heavy atom. The van der Waals surface area contributed by atoms with Gasteiger partial charge in [0.1, 0.15) is 6.04 Å². The number of thioether (sulfide) groups is 1. The minimum atomic E-state index is -0.214. The lowest BCUT2D eigenvalue weighted by Crippen LogP contribution is -2.37. The van der Waals surface area contributed by atoms with Crippen molar-refractivity contribution in [2.45, 2.75) is 32.4 Å². The van der Waals surface area contributed by atoms with Crippen LogP contribution in [0.2, 0.25) is 0 Å². The number of hydrogen-bond donors (Lipinski definition) is 1. The molecule has 1 N–H and O–H groups in total. The van der Waals surface area contributed by atoms with E-state index in [2.05, 4.69) is 25.4 Å². The van der Waals surface area contributed by atoms with Gasteiger partial charge in [0, 0.05) is 12.4 Å². The first-order valence-corrected chi connectivity index (χ1v) is 10.5. The van der Waals surface area contributed by atoms with Gasteiger partial charge in [-0.05, 0) is 54.2 Å². The van der Waals surface area contributed by atoms with E-state index in [0.29, 0.717) is 11.5 Å². The van der Waals surface area contributed by atoms with Crippen LogP contribution in [0.5, 0.6) is 11.5 Å². The molecule has 27 heavy (non-hydrogen) atoms. The van der Waals surface area contributed by atoms with Crippen LogP contribution >= 0.6 is 11.8 Å². The quantitative estimate of drug-likeness (QED) is 0.657. The van der Waals surface area contributed by atoms with Gasteiger partial charge in [-0.2, -0.15) is 11.8 Å². The van der Waals surface area contributed by atoms with Gasteiger partial charge in [0.05, 0.1) is 20.3 Å². The predicted octanol–water partition coefficient (Wildman–Crippen LogP) is 4.31. The number of aromatic nitrogens is 1. The van der Waals surface area contributed by atoms with Crippen molar-refractivity contribution in [3.63, 3.8) is 0 Å². The van der Waals surface area contributed by atoms with Crippen molar-refractivity contribution in [3.8, 4) is 11.5 Å². The standard InChI is InChI=1S/C21H30N2O3S/c1-15(2)20(16-8-9-18(25-3)19(14-16)26-4)22-21(24)17(10-13-27-5)23-11-6-7-12-23/h6-9,11-12,14-15,17,20H,10,13H2,1-5H3,(H,22,24)/t17-,20+/m1/s1. The number of benzene rings is 1. The van der Waals surface area contributed by atoms with Crippen LogP contribution in [-0.4, -0.2) is 36.7 Å². The van der Waals surface area contributed by atoms with Crippen LogP contribution in [0.3, 0.4) is 0 Å². The van der Waals surface area contributed by atoms with E-state index in [1.807, 2.05) is 47.3 Å². The Hall–Kier alpha value is -2.08. The Morgan fingerprint density at radius 2 is 1.81 bits per heavy atom. The van der Waals surface area contributed by atoms with E-state index in [4.69, 9.17) is 9.47 Å². The van der Waals surface area contributed by atoms with E-state index < -0.39 is 0 Å². The number of amides is 1. The molecule has 2 rings (SSSR count). The molecule has 1 amide bonds. The molecule has 0 unspecified atom stereocenters. The van der Waals surface area contributed by atoms with E-state index in [9.17, 15) is 4.79 Å². The maximum absolute atomic E-state index is 13.1. The lowest BCUT2D eigenvalue weighted by molar-refractivity contribution is -0.125. The summed E-state index contributed by atoms with van der Waals surface area (Å²) in [5.41, 5.74) is 1.01. The van der Waals surface area contributed by atoms with Crippen molar-refractivity contribution in [1.29, 1.82) is 0 Å². The maximum Gasteiger partial charge on any atom is 0.243 e. The Balaban J connectivity index is 2.25. The highest BCUT2D eigenvalue weighted by Crippen LogP contribution is 2.32. The van der Waals surface area contributed by atoms with Crippen LogP contribution in [0.4, 0.5) is 0 Å². The molecule has 0 radical (unpaired) electrons. The van der Waals surface area contributed by atoms with E-state index in [0.717, 1.165) is 17.7 Å². The summed E-state index contributed by atoms with van der Waals surface area (Å²) in [5.74, 6) is 2.55. The molecule has 0 saturated carbocycles. The van der Waals surface area contributed by atoms with Crippen LogP contribution in [0.1, 0.15) is 37.9 Å². The van der Waals surface area contributed by atoms with Crippen LogP contribution in [0.15, 0.2) is 42.7 Å². The number of rotatable bonds is 10. The number of ether oxygens (including phenoxy) is 2. The first kappa shape index (κ1) is 21.2. The van der Waals surface area contributed by atoms with E-state index in [-0.39, 0.29) is 23.9 Å². The second-order valence-corrected chi connectivity index (χ2v) is 7.76. The highest BCUT2D eigenvalue weighted by atomic mass is 32.2. The van der Waals surface area contributed by atoms with E-state index in [1.54, 1.807) is 26.0 Å². The molecule has 2 aromatic rings. The van der Waals surface area contributed by atoms with Gasteiger partial charge in [0.2, 0.25) is 5.91 Å². The lowest BCUT2D eigenvalue weighted by Gasteiger charge is -2.27. The fourth-order valence-electron chi connectivity index (χ4n) is 3.13. The van der Waals surface area contributed by atoms with Crippen molar-refractivity contribution in [3.05, 3.63) is 48.3 Å². The number of methoxy groups -OCH3 is 2. The topological polar surface area (TPSA) is 52.5 Å². The molecular formula is C21H30N2O3S. The molecule has 0 bridgehead atoms. The Morgan fingerprint density at radius 1 is 1.15 bits per heavy atom. The van der Waals surface area contributed by atoms with E-state index in [1.165, 1.54) is 0 Å². The highest BCUT2D eigenvalue weighted by molar-refractivity contribution is 7.98. The molecule has 148 valence electrons. The summed E-state index contributed by atoms with van der Waals surface area (Å²) in [7, 11) is 3.24. The smallest absolute Gasteiger partial charge is 0.243 e. The summed E-state index contributed by atoms with van der Waals surface area (Å²) >= 11 is 1.75. The van der Waals surface area contributed by atoms with Crippen LogP contribution in [-0.2, 0) is 4.79 Å². The zero-order valence-electron chi connectivity index (χ0n) is 16.8. The molecule has 0 fully saturated rings. The summed E-state index contributed by atoms with van der Waals surface area (Å²) in [6, 6.07) is 9.39. The summed E-state index contributed by atoms with van der Waals surface area (Å²) in [5, 5.41) is 3.25. The number of hydrogen-bond acceptors (Lipinski definition) is 4.